The Kier molecular flexibility index (Phi) is 8.58. The Morgan fingerprint density at radius 2 is 1.39 bits per heavy atom. The van der Waals surface area contributed by atoms with Gasteiger partial charge in [-0.3, -0.25) is 4.79 Å². The van der Waals surface area contributed by atoms with E-state index in [4.69, 9.17) is 27.9 Å². The standard InChI is InChI=1S/C11H8BrClN2O2.C9H5Br2ClN2/c1-6(16)17-5-8-3-2-7-4-14-11(13)15-10(7)9(8)12;10-3-5-1-2-6-4-13-9(12)14-8(6)7(5)11/h2-4H,5H2,1H3;1-2,4H,3H2. The molecule has 0 spiro atoms. The lowest BCUT2D eigenvalue weighted by Gasteiger charge is -2.07. The van der Waals surface area contributed by atoms with Crippen molar-refractivity contribution < 1.29 is 9.53 Å². The van der Waals surface area contributed by atoms with Crippen LogP contribution in [-0.2, 0) is 21.5 Å². The molecule has 0 saturated heterocycles. The summed E-state index contributed by atoms with van der Waals surface area (Å²) in [4.78, 5) is 26.9. The van der Waals surface area contributed by atoms with Crippen molar-refractivity contribution in [1.82, 2.24) is 19.9 Å². The van der Waals surface area contributed by atoms with Gasteiger partial charge < -0.3 is 4.74 Å². The van der Waals surface area contributed by atoms with Crippen molar-refractivity contribution in [2.45, 2.75) is 18.9 Å². The number of esters is 1. The lowest BCUT2D eigenvalue weighted by Crippen LogP contribution is -2.00. The minimum atomic E-state index is -0.322. The van der Waals surface area contributed by atoms with Crippen LogP contribution in [0.1, 0.15) is 18.1 Å². The van der Waals surface area contributed by atoms with Gasteiger partial charge in [-0.05, 0) is 60.6 Å². The van der Waals surface area contributed by atoms with Gasteiger partial charge in [-0.15, -0.1) is 0 Å². The molecule has 0 aliphatic heterocycles. The van der Waals surface area contributed by atoms with Crippen molar-refractivity contribution in [3.8, 4) is 0 Å². The molecule has 2 aromatic carbocycles. The minimum absolute atomic E-state index is 0.183. The fourth-order valence-electron chi connectivity index (χ4n) is 2.56. The normalized spacial score (nSPS) is 10.6. The van der Waals surface area contributed by atoms with Gasteiger partial charge in [0.1, 0.15) is 6.61 Å². The Labute approximate surface area is 213 Å². The molecule has 31 heavy (non-hydrogen) atoms. The molecule has 0 atom stereocenters. The second-order valence-corrected chi connectivity index (χ2v) is 8.97. The largest absolute Gasteiger partial charge is 0.461 e. The molecule has 11 heteroatoms. The summed E-state index contributed by atoms with van der Waals surface area (Å²) in [5, 5.41) is 3.08. The molecule has 0 amide bonds. The van der Waals surface area contributed by atoms with E-state index >= 15 is 0 Å². The number of fused-ring (bicyclic) bond motifs is 2. The van der Waals surface area contributed by atoms with E-state index in [2.05, 4.69) is 67.7 Å². The number of aromatic nitrogens is 4. The van der Waals surface area contributed by atoms with E-state index in [1.165, 1.54) is 6.92 Å². The van der Waals surface area contributed by atoms with Gasteiger partial charge in [0.25, 0.3) is 0 Å². The van der Waals surface area contributed by atoms with E-state index in [1.54, 1.807) is 12.4 Å². The molecule has 6 nitrogen and oxygen atoms in total. The van der Waals surface area contributed by atoms with Crippen LogP contribution in [0.5, 0.6) is 0 Å². The lowest BCUT2D eigenvalue weighted by atomic mass is 10.1. The van der Waals surface area contributed by atoms with Crippen LogP contribution in [0, 0.1) is 0 Å². The van der Waals surface area contributed by atoms with Gasteiger partial charge in [0, 0.05) is 45.5 Å². The Morgan fingerprint density at radius 1 is 0.903 bits per heavy atom. The Bertz CT molecular complexity index is 1270. The highest BCUT2D eigenvalue weighted by Crippen LogP contribution is 2.28. The van der Waals surface area contributed by atoms with Crippen LogP contribution in [0.25, 0.3) is 21.8 Å². The van der Waals surface area contributed by atoms with Crippen LogP contribution in [0.2, 0.25) is 10.6 Å². The molecule has 0 bridgehead atoms. The van der Waals surface area contributed by atoms with Crippen LogP contribution < -0.4 is 0 Å². The maximum Gasteiger partial charge on any atom is 0.302 e. The predicted octanol–water partition coefficient (Wildman–Crippen LogP) is 7.05. The highest BCUT2D eigenvalue weighted by Gasteiger charge is 2.09. The lowest BCUT2D eigenvalue weighted by molar-refractivity contribution is -0.142. The molecule has 160 valence electrons. The molecule has 0 fully saturated rings. The van der Waals surface area contributed by atoms with E-state index in [9.17, 15) is 4.79 Å². The molecule has 0 saturated carbocycles. The molecular weight excluding hydrogens is 639 g/mol. The molecule has 2 heterocycles. The molecule has 0 N–H and O–H groups in total. The van der Waals surface area contributed by atoms with E-state index in [1.807, 2.05) is 24.3 Å². The van der Waals surface area contributed by atoms with Crippen LogP contribution in [0.15, 0.2) is 45.6 Å². The SMILES string of the molecule is CC(=O)OCc1ccc2cnc(Cl)nc2c1Br.Clc1ncc2ccc(CBr)c(Br)c2n1. The van der Waals surface area contributed by atoms with Gasteiger partial charge in [-0.2, -0.15) is 0 Å². The molecule has 0 unspecified atom stereocenters. The maximum absolute atomic E-state index is 10.8. The number of ether oxygens (including phenoxy) is 1. The van der Waals surface area contributed by atoms with Gasteiger partial charge >= 0.3 is 5.97 Å². The quantitative estimate of drug-likeness (QED) is 0.134. The van der Waals surface area contributed by atoms with Crippen molar-refractivity contribution in [3.63, 3.8) is 0 Å². The van der Waals surface area contributed by atoms with Crippen molar-refractivity contribution >= 4 is 98.8 Å². The molecule has 0 aliphatic carbocycles. The number of halogens is 5. The number of hydrogen-bond donors (Lipinski definition) is 0. The smallest absolute Gasteiger partial charge is 0.302 e. The number of rotatable bonds is 3. The van der Waals surface area contributed by atoms with Gasteiger partial charge in [-0.1, -0.05) is 40.2 Å². The first-order valence-corrected chi connectivity index (χ1v) is 12.1. The minimum Gasteiger partial charge on any atom is -0.461 e. The fourth-order valence-corrected chi connectivity index (χ4v) is 4.82. The Morgan fingerprint density at radius 3 is 1.87 bits per heavy atom. The summed E-state index contributed by atoms with van der Waals surface area (Å²) >= 11 is 21.8. The average molecular weight is 652 g/mol. The molecule has 4 rings (SSSR count). The number of nitrogens with zero attached hydrogens (tertiary/aromatic N) is 4. The predicted molar refractivity (Wildman–Crippen MR) is 133 cm³/mol. The van der Waals surface area contributed by atoms with Crippen LogP contribution in [-0.4, -0.2) is 25.9 Å². The Hall–Kier alpha value is -1.39. The van der Waals surface area contributed by atoms with Crippen LogP contribution in [0.4, 0.5) is 0 Å². The highest BCUT2D eigenvalue weighted by atomic mass is 79.9. The molecule has 0 aliphatic rings. The third-order valence-corrected chi connectivity index (χ3v) is 6.80. The fraction of sp³-hybridized carbons (Fsp3) is 0.150. The average Bonchev–Trinajstić information content (AvgIpc) is 2.75. The zero-order chi connectivity index (χ0) is 22.5. The number of alkyl halides is 1. The van der Waals surface area contributed by atoms with Gasteiger partial charge in [-0.25, -0.2) is 19.9 Å². The highest BCUT2D eigenvalue weighted by molar-refractivity contribution is 9.11. The van der Waals surface area contributed by atoms with Crippen LogP contribution >= 0.6 is 71.0 Å². The van der Waals surface area contributed by atoms with Crippen molar-refractivity contribution in [1.29, 1.82) is 0 Å². The monoisotopic (exact) mass is 648 g/mol. The first-order chi connectivity index (χ1) is 14.8. The summed E-state index contributed by atoms with van der Waals surface area (Å²) < 4.78 is 6.68. The first-order valence-electron chi connectivity index (χ1n) is 8.68. The van der Waals surface area contributed by atoms with Crippen molar-refractivity contribution in [2.75, 3.05) is 0 Å². The zero-order valence-corrected chi connectivity index (χ0v) is 22.1. The number of carbonyl (C=O) groups excluding carboxylic acids is 1. The van der Waals surface area contributed by atoms with E-state index in [0.717, 1.165) is 41.7 Å². The molecule has 4 aromatic rings. The van der Waals surface area contributed by atoms with Gasteiger partial charge in [0.2, 0.25) is 10.6 Å². The van der Waals surface area contributed by atoms with Crippen LogP contribution in [0.3, 0.4) is 0 Å². The summed E-state index contributed by atoms with van der Waals surface area (Å²) in [6.07, 6.45) is 3.36. The van der Waals surface area contributed by atoms with Crippen molar-refractivity contribution in [3.05, 3.63) is 67.3 Å². The third kappa shape index (κ3) is 6.10. The van der Waals surface area contributed by atoms with E-state index < -0.39 is 0 Å². The second kappa shape index (κ2) is 11.0. The van der Waals surface area contributed by atoms with E-state index in [-0.39, 0.29) is 23.1 Å². The zero-order valence-electron chi connectivity index (χ0n) is 15.9. The van der Waals surface area contributed by atoms with E-state index in [0.29, 0.717) is 5.52 Å². The van der Waals surface area contributed by atoms with Gasteiger partial charge in [0.15, 0.2) is 0 Å². The maximum atomic E-state index is 10.8. The molecule has 0 radical (unpaired) electrons. The van der Waals surface area contributed by atoms with Crippen molar-refractivity contribution in [2.24, 2.45) is 0 Å². The summed E-state index contributed by atoms with van der Waals surface area (Å²) in [6.45, 7) is 1.57. The second-order valence-electron chi connectivity index (χ2n) is 6.14. The number of hydrogen-bond acceptors (Lipinski definition) is 6. The number of carbonyl (C=O) groups is 1. The summed E-state index contributed by atoms with van der Waals surface area (Å²) in [5.74, 6) is -0.322. The van der Waals surface area contributed by atoms with Gasteiger partial charge in [0.05, 0.1) is 15.5 Å². The third-order valence-electron chi connectivity index (χ3n) is 4.06. The summed E-state index contributed by atoms with van der Waals surface area (Å²) in [5.41, 5.74) is 3.53. The Balaban J connectivity index is 0.000000179. The first kappa shape index (κ1) is 24.3. The topological polar surface area (TPSA) is 77.9 Å². The summed E-state index contributed by atoms with van der Waals surface area (Å²) in [7, 11) is 0. The number of benzene rings is 2. The molecular formula is C20H13Br3Cl2N4O2. The molecule has 2 aromatic heterocycles. The summed E-state index contributed by atoms with van der Waals surface area (Å²) in [6, 6.07) is 7.72.